The van der Waals surface area contributed by atoms with Crippen LogP contribution in [0.15, 0.2) is 4.79 Å². The molecule has 1 rings (SSSR count). The van der Waals surface area contributed by atoms with Gasteiger partial charge in [-0.15, -0.1) is 0 Å². The molecular weight excluding hydrogens is 192 g/mol. The number of aryl methyl sites for hydroxylation is 1. The summed E-state index contributed by atoms with van der Waals surface area (Å²) >= 11 is 0. The topological polar surface area (TPSA) is 52.7 Å². The van der Waals surface area contributed by atoms with Gasteiger partial charge in [0, 0.05) is 13.6 Å². The second-order valence-corrected chi connectivity index (χ2v) is 3.85. The Bertz CT molecular complexity index is 328. The lowest BCUT2D eigenvalue weighted by molar-refractivity contribution is 0.427. The van der Waals surface area contributed by atoms with Crippen molar-refractivity contribution in [2.45, 2.75) is 52.0 Å². The van der Waals surface area contributed by atoms with Crippen molar-refractivity contribution in [2.75, 3.05) is 0 Å². The van der Waals surface area contributed by atoms with Crippen LogP contribution in [0.25, 0.3) is 0 Å². The van der Waals surface area contributed by atoms with Gasteiger partial charge in [-0.05, 0) is 11.6 Å². The monoisotopic (exact) mass is 212 g/mol. The van der Waals surface area contributed by atoms with Gasteiger partial charge in [-0.1, -0.05) is 44.1 Å². The Hall–Kier alpha value is -1.13. The van der Waals surface area contributed by atoms with E-state index in [2.05, 4.69) is 17.2 Å². The first-order valence-corrected chi connectivity index (χ1v) is 5.72. The third-order valence-electron chi connectivity index (χ3n) is 2.55. The molecule has 0 aromatic carbocycles. The predicted octanol–water partition coefficient (Wildman–Crippen LogP) is 1.34. The molecule has 0 saturated carbocycles. The Balaban J connectivity index is 2.18. The van der Waals surface area contributed by atoms with Crippen molar-refractivity contribution in [3.63, 3.8) is 0 Å². The minimum absolute atomic E-state index is 0.244. The average Bonchev–Trinajstić information content (AvgIpc) is 2.54. The van der Waals surface area contributed by atoms with Gasteiger partial charge in [0.1, 0.15) is 0 Å². The van der Waals surface area contributed by atoms with Crippen molar-refractivity contribution in [3.8, 4) is 0 Å². The molecule has 0 aliphatic carbocycles. The van der Waals surface area contributed by atoms with Crippen LogP contribution in [-0.2, 0) is 13.6 Å². The molecular formula is C10H20N4O. The van der Waals surface area contributed by atoms with Crippen LogP contribution in [-0.4, -0.2) is 19.8 Å². The summed E-state index contributed by atoms with van der Waals surface area (Å²) < 4.78 is 1.57. The summed E-state index contributed by atoms with van der Waals surface area (Å²) in [4.78, 5) is 12.7. The fraction of sp³-hybridized carbons (Fsp3) is 0.900. The molecule has 0 aliphatic heterocycles. The molecule has 1 heterocycles. The summed E-state index contributed by atoms with van der Waals surface area (Å²) in [6, 6.07) is 0. The van der Waals surface area contributed by atoms with E-state index in [1.54, 1.807) is 11.7 Å². The lowest BCUT2D eigenvalue weighted by Gasteiger charge is -2.03. The SMILES string of the molecule is CCCCCCCCn1c(=O)nnn1C. The van der Waals surface area contributed by atoms with Crippen LogP contribution in [0, 0.1) is 0 Å². The van der Waals surface area contributed by atoms with Crippen molar-refractivity contribution in [1.29, 1.82) is 0 Å². The van der Waals surface area contributed by atoms with E-state index in [1.807, 2.05) is 0 Å². The van der Waals surface area contributed by atoms with Crippen LogP contribution in [0.2, 0.25) is 0 Å². The van der Waals surface area contributed by atoms with E-state index in [1.165, 1.54) is 36.9 Å². The molecule has 86 valence electrons. The lowest BCUT2D eigenvalue weighted by Crippen LogP contribution is -2.22. The van der Waals surface area contributed by atoms with Crippen molar-refractivity contribution >= 4 is 0 Å². The highest BCUT2D eigenvalue weighted by atomic mass is 16.2. The zero-order chi connectivity index (χ0) is 11.1. The van der Waals surface area contributed by atoms with Crippen molar-refractivity contribution < 1.29 is 0 Å². The lowest BCUT2D eigenvalue weighted by atomic mass is 10.1. The van der Waals surface area contributed by atoms with Crippen molar-refractivity contribution in [2.24, 2.45) is 7.05 Å². The van der Waals surface area contributed by atoms with E-state index in [-0.39, 0.29) is 5.69 Å². The molecule has 5 heteroatoms. The van der Waals surface area contributed by atoms with Crippen molar-refractivity contribution in [1.82, 2.24) is 19.8 Å². The first-order valence-electron chi connectivity index (χ1n) is 5.72. The van der Waals surface area contributed by atoms with Crippen LogP contribution >= 0.6 is 0 Å². The van der Waals surface area contributed by atoms with Gasteiger partial charge in [0.25, 0.3) is 0 Å². The number of rotatable bonds is 7. The second kappa shape index (κ2) is 6.37. The highest BCUT2D eigenvalue weighted by Crippen LogP contribution is 2.05. The molecule has 0 spiro atoms. The molecule has 0 amide bonds. The van der Waals surface area contributed by atoms with Crippen LogP contribution in [0.1, 0.15) is 45.4 Å². The van der Waals surface area contributed by atoms with Crippen LogP contribution in [0.4, 0.5) is 0 Å². The smallest absolute Gasteiger partial charge is 0.242 e. The van der Waals surface area contributed by atoms with Crippen molar-refractivity contribution in [3.05, 3.63) is 10.5 Å². The highest BCUT2D eigenvalue weighted by molar-refractivity contribution is 4.54. The molecule has 5 nitrogen and oxygen atoms in total. The zero-order valence-electron chi connectivity index (χ0n) is 9.65. The van der Waals surface area contributed by atoms with Gasteiger partial charge >= 0.3 is 5.69 Å². The zero-order valence-corrected chi connectivity index (χ0v) is 9.65. The number of hydrogen-bond acceptors (Lipinski definition) is 3. The fourth-order valence-electron chi connectivity index (χ4n) is 1.61. The van der Waals surface area contributed by atoms with E-state index in [0.29, 0.717) is 0 Å². The first kappa shape index (κ1) is 11.9. The Morgan fingerprint density at radius 3 is 2.40 bits per heavy atom. The number of aromatic nitrogens is 4. The molecule has 0 aliphatic rings. The molecule has 0 N–H and O–H groups in total. The average molecular weight is 212 g/mol. The van der Waals surface area contributed by atoms with Crippen LogP contribution < -0.4 is 5.69 Å². The molecule has 0 saturated heterocycles. The summed E-state index contributed by atoms with van der Waals surface area (Å²) in [6.07, 6.45) is 7.35. The van der Waals surface area contributed by atoms with Gasteiger partial charge in [0.05, 0.1) is 0 Å². The van der Waals surface area contributed by atoms with Gasteiger partial charge < -0.3 is 0 Å². The van der Waals surface area contributed by atoms with E-state index < -0.39 is 0 Å². The number of hydrogen-bond donors (Lipinski definition) is 0. The summed E-state index contributed by atoms with van der Waals surface area (Å²) in [5.74, 6) is 0. The summed E-state index contributed by atoms with van der Waals surface area (Å²) in [7, 11) is 1.74. The Labute approximate surface area is 90.1 Å². The van der Waals surface area contributed by atoms with Gasteiger partial charge in [0.2, 0.25) is 0 Å². The predicted molar refractivity (Wildman–Crippen MR) is 58.6 cm³/mol. The van der Waals surface area contributed by atoms with Crippen LogP contribution in [0.5, 0.6) is 0 Å². The van der Waals surface area contributed by atoms with E-state index in [9.17, 15) is 4.79 Å². The summed E-state index contributed by atoms with van der Waals surface area (Å²) in [5, 5.41) is 7.13. The molecule has 0 atom stereocenters. The standard InChI is InChI=1S/C10H20N4O/c1-3-4-5-6-7-8-9-14-10(15)11-12-13(14)2/h3-9H2,1-2H3. The molecule has 0 fully saturated rings. The molecule has 0 unspecified atom stereocenters. The Morgan fingerprint density at radius 2 is 1.80 bits per heavy atom. The maximum Gasteiger partial charge on any atom is 0.383 e. The normalized spacial score (nSPS) is 10.8. The van der Waals surface area contributed by atoms with Gasteiger partial charge in [0.15, 0.2) is 0 Å². The Kier molecular flexibility index (Phi) is 5.07. The fourth-order valence-corrected chi connectivity index (χ4v) is 1.61. The van der Waals surface area contributed by atoms with E-state index in [0.717, 1.165) is 13.0 Å². The molecule has 0 bridgehead atoms. The highest BCUT2D eigenvalue weighted by Gasteiger charge is 2.01. The maximum atomic E-state index is 11.2. The third kappa shape index (κ3) is 3.85. The van der Waals surface area contributed by atoms with Gasteiger partial charge in [-0.25, -0.2) is 9.48 Å². The molecule has 1 aromatic rings. The quantitative estimate of drug-likeness (QED) is 0.641. The maximum absolute atomic E-state index is 11.2. The minimum Gasteiger partial charge on any atom is -0.242 e. The van der Waals surface area contributed by atoms with Crippen LogP contribution in [0.3, 0.4) is 0 Å². The summed E-state index contributed by atoms with van der Waals surface area (Å²) in [5.41, 5.74) is -0.244. The van der Waals surface area contributed by atoms with Gasteiger partial charge in [-0.3, -0.25) is 0 Å². The third-order valence-corrected chi connectivity index (χ3v) is 2.55. The molecule has 0 radical (unpaired) electrons. The number of tetrazole rings is 1. The van der Waals surface area contributed by atoms with E-state index >= 15 is 0 Å². The van der Waals surface area contributed by atoms with E-state index in [4.69, 9.17) is 0 Å². The Morgan fingerprint density at radius 1 is 1.13 bits per heavy atom. The summed E-state index contributed by atoms with van der Waals surface area (Å²) in [6.45, 7) is 2.94. The minimum atomic E-state index is -0.244. The number of unbranched alkanes of at least 4 members (excludes halogenated alkanes) is 5. The second-order valence-electron chi connectivity index (χ2n) is 3.85. The molecule has 1 aromatic heterocycles. The molecule has 15 heavy (non-hydrogen) atoms. The number of nitrogens with zero attached hydrogens (tertiary/aromatic N) is 4. The first-order chi connectivity index (χ1) is 7.25. The largest absolute Gasteiger partial charge is 0.383 e. The van der Waals surface area contributed by atoms with Gasteiger partial charge in [-0.2, -0.15) is 4.80 Å².